The maximum atomic E-state index is 12.4. The summed E-state index contributed by atoms with van der Waals surface area (Å²) in [6.45, 7) is 1.81. The Labute approximate surface area is 202 Å². The van der Waals surface area contributed by atoms with E-state index in [-0.39, 0.29) is 0 Å². The van der Waals surface area contributed by atoms with E-state index in [1.54, 1.807) is 0 Å². The number of hydrogen-bond acceptors (Lipinski definition) is 5. The van der Waals surface area contributed by atoms with Gasteiger partial charge in [-0.15, -0.1) is 5.10 Å². The summed E-state index contributed by atoms with van der Waals surface area (Å²) in [5.41, 5.74) is 3.71. The van der Waals surface area contributed by atoms with E-state index in [4.69, 9.17) is 4.74 Å². The van der Waals surface area contributed by atoms with E-state index in [0.717, 1.165) is 27.9 Å². The van der Waals surface area contributed by atoms with Crippen LogP contribution in [0.2, 0.25) is 0 Å². The van der Waals surface area contributed by atoms with Crippen LogP contribution in [0.25, 0.3) is 16.8 Å². The van der Waals surface area contributed by atoms with Gasteiger partial charge in [0.15, 0.2) is 5.82 Å². The molecule has 1 aliphatic carbocycles. The largest absolute Gasteiger partial charge is 0.481 e. The van der Waals surface area contributed by atoms with Crippen molar-refractivity contribution in [1.29, 1.82) is 0 Å². The summed E-state index contributed by atoms with van der Waals surface area (Å²) in [6.07, 6.45) is 1.82. The summed E-state index contributed by atoms with van der Waals surface area (Å²) in [4.78, 5) is 24.0. The number of nitrogens with one attached hydrogen (secondary N) is 1. The van der Waals surface area contributed by atoms with Gasteiger partial charge in [-0.2, -0.15) is 4.68 Å². The van der Waals surface area contributed by atoms with E-state index in [0.29, 0.717) is 18.7 Å². The summed E-state index contributed by atoms with van der Waals surface area (Å²) in [7, 11) is 0. The lowest BCUT2D eigenvalue weighted by molar-refractivity contribution is -0.140. The monoisotopic (exact) mass is 468 g/mol. The van der Waals surface area contributed by atoms with Crippen molar-refractivity contribution in [1.82, 2.24) is 15.0 Å². The van der Waals surface area contributed by atoms with Gasteiger partial charge in [0.2, 0.25) is 0 Å². The third-order valence-electron chi connectivity index (χ3n) is 6.37. The first-order valence-corrected chi connectivity index (χ1v) is 11.3. The minimum absolute atomic E-state index is 0.385. The molecule has 1 aromatic heterocycles. The van der Waals surface area contributed by atoms with Crippen molar-refractivity contribution in [3.8, 4) is 16.8 Å². The molecule has 0 unspecified atom stereocenters. The van der Waals surface area contributed by atoms with Crippen molar-refractivity contribution in [2.75, 3.05) is 5.32 Å². The number of aromatic nitrogens is 3. The van der Waals surface area contributed by atoms with Gasteiger partial charge in [-0.25, -0.2) is 4.79 Å². The van der Waals surface area contributed by atoms with Crippen LogP contribution in [0, 0.1) is 0 Å². The quantitative estimate of drug-likeness (QED) is 0.378. The van der Waals surface area contributed by atoms with E-state index in [2.05, 4.69) is 15.6 Å². The number of carboxylic acids is 1. The van der Waals surface area contributed by atoms with E-state index < -0.39 is 23.6 Å². The number of carbonyl (C=O) groups excluding carboxylic acids is 1. The fourth-order valence-electron chi connectivity index (χ4n) is 4.13. The second-order valence-corrected chi connectivity index (χ2v) is 8.63. The fraction of sp³-hybridized carbons (Fsp3) is 0.185. The van der Waals surface area contributed by atoms with Crippen LogP contribution >= 0.6 is 0 Å². The number of carboxylic acid groups (broad SMARTS) is 1. The Hall–Kier alpha value is -4.46. The molecule has 0 aliphatic heterocycles. The average Bonchev–Trinajstić information content (AvgIpc) is 3.58. The van der Waals surface area contributed by atoms with Crippen LogP contribution in [-0.4, -0.2) is 32.2 Å². The molecule has 1 heterocycles. The molecule has 1 aliphatic rings. The number of amides is 1. The topological polar surface area (TPSA) is 106 Å². The minimum atomic E-state index is -0.759. The first kappa shape index (κ1) is 22.3. The molecule has 2 N–H and O–H groups in total. The molecular formula is C27H24N4O4. The van der Waals surface area contributed by atoms with E-state index in [1.165, 1.54) is 10.9 Å². The lowest BCUT2D eigenvalue weighted by Gasteiger charge is -2.14. The number of aliphatic carboxylic acids is 1. The molecule has 5 rings (SSSR count). The van der Waals surface area contributed by atoms with Gasteiger partial charge in [0.25, 0.3) is 0 Å². The molecule has 0 radical (unpaired) electrons. The molecule has 3 aromatic carbocycles. The first-order chi connectivity index (χ1) is 17.0. The highest BCUT2D eigenvalue weighted by atomic mass is 16.6. The van der Waals surface area contributed by atoms with Crippen LogP contribution in [-0.2, 0) is 14.9 Å². The van der Waals surface area contributed by atoms with Crippen LogP contribution in [0.5, 0.6) is 0 Å². The van der Waals surface area contributed by atoms with Crippen LogP contribution in [0.3, 0.4) is 0 Å². The van der Waals surface area contributed by atoms with Crippen molar-refractivity contribution >= 4 is 17.9 Å². The van der Waals surface area contributed by atoms with Gasteiger partial charge in [0.05, 0.1) is 17.3 Å². The Balaban J connectivity index is 1.27. The number of ether oxygens (including phenoxy) is 1. The smallest absolute Gasteiger partial charge is 0.413 e. The zero-order valence-electron chi connectivity index (χ0n) is 19.1. The lowest BCUT2D eigenvalue weighted by atomic mass is 9.94. The van der Waals surface area contributed by atoms with Crippen LogP contribution in [0.1, 0.15) is 37.0 Å². The van der Waals surface area contributed by atoms with Crippen LogP contribution < -0.4 is 5.32 Å². The van der Waals surface area contributed by atoms with Gasteiger partial charge < -0.3 is 9.84 Å². The normalized spacial score (nSPS) is 14.7. The zero-order chi connectivity index (χ0) is 24.4. The van der Waals surface area contributed by atoms with Gasteiger partial charge in [-0.05, 0) is 54.2 Å². The first-order valence-electron chi connectivity index (χ1n) is 11.3. The summed E-state index contributed by atoms with van der Waals surface area (Å²) in [5, 5.41) is 20.2. The Morgan fingerprint density at radius 2 is 1.60 bits per heavy atom. The lowest BCUT2D eigenvalue weighted by Crippen LogP contribution is -2.19. The molecule has 176 valence electrons. The third kappa shape index (κ3) is 4.50. The number of nitrogens with zero attached hydrogens (tertiary/aromatic N) is 3. The molecule has 8 nitrogen and oxygen atoms in total. The van der Waals surface area contributed by atoms with Gasteiger partial charge in [-0.1, -0.05) is 71.9 Å². The summed E-state index contributed by atoms with van der Waals surface area (Å²) < 4.78 is 6.99. The minimum Gasteiger partial charge on any atom is -0.481 e. The molecule has 4 aromatic rings. The zero-order valence-corrected chi connectivity index (χ0v) is 19.1. The second-order valence-electron chi connectivity index (χ2n) is 8.63. The number of benzene rings is 3. The second kappa shape index (κ2) is 9.06. The maximum Gasteiger partial charge on any atom is 0.413 e. The van der Waals surface area contributed by atoms with Crippen molar-refractivity contribution in [3.63, 3.8) is 0 Å². The van der Waals surface area contributed by atoms with Gasteiger partial charge in [-0.3, -0.25) is 10.1 Å². The number of anilines is 1. The molecular weight excluding hydrogens is 444 g/mol. The highest BCUT2D eigenvalue weighted by molar-refractivity contribution is 5.85. The van der Waals surface area contributed by atoms with Crippen LogP contribution in [0.4, 0.5) is 10.6 Å². The predicted molar refractivity (Wildman–Crippen MR) is 130 cm³/mol. The highest BCUT2D eigenvalue weighted by Gasteiger charge is 2.51. The molecule has 0 bridgehead atoms. The molecule has 0 spiro atoms. The van der Waals surface area contributed by atoms with Crippen LogP contribution in [0.15, 0.2) is 85.1 Å². The molecule has 0 saturated heterocycles. The SMILES string of the molecule is C[C@@H](OC(=O)Nc1cnnn1-c1ccc(-c2ccc(C3(C(=O)O)CC3)cc2)cc1)c1ccccc1. The Morgan fingerprint density at radius 3 is 2.20 bits per heavy atom. The third-order valence-corrected chi connectivity index (χ3v) is 6.37. The van der Waals surface area contributed by atoms with Gasteiger partial charge >= 0.3 is 12.1 Å². The molecule has 8 heteroatoms. The molecule has 1 atom stereocenters. The molecule has 1 amide bonds. The van der Waals surface area contributed by atoms with E-state index in [1.807, 2.05) is 85.8 Å². The average molecular weight is 469 g/mol. The fourth-order valence-corrected chi connectivity index (χ4v) is 4.13. The highest BCUT2D eigenvalue weighted by Crippen LogP contribution is 2.48. The predicted octanol–water partition coefficient (Wildman–Crippen LogP) is 5.36. The Morgan fingerprint density at radius 1 is 0.971 bits per heavy atom. The van der Waals surface area contributed by atoms with Crippen molar-refractivity contribution in [3.05, 3.63) is 96.2 Å². The molecule has 1 fully saturated rings. The van der Waals surface area contributed by atoms with Gasteiger partial charge in [0.1, 0.15) is 6.10 Å². The number of hydrogen-bond donors (Lipinski definition) is 2. The Bertz CT molecular complexity index is 1340. The number of rotatable bonds is 7. The van der Waals surface area contributed by atoms with E-state index in [9.17, 15) is 14.7 Å². The van der Waals surface area contributed by atoms with Crippen molar-refractivity contribution in [2.45, 2.75) is 31.3 Å². The van der Waals surface area contributed by atoms with Crippen molar-refractivity contribution < 1.29 is 19.4 Å². The van der Waals surface area contributed by atoms with E-state index >= 15 is 0 Å². The summed E-state index contributed by atoms with van der Waals surface area (Å²) in [6, 6.07) is 24.8. The number of carbonyl (C=O) groups is 2. The maximum absolute atomic E-state index is 12.4. The van der Waals surface area contributed by atoms with Crippen molar-refractivity contribution in [2.24, 2.45) is 0 Å². The standard InChI is InChI=1S/C27H24N4O4/c1-18(19-5-3-2-4-6-19)35-26(34)29-24-17-28-30-31(24)23-13-9-21(10-14-23)20-7-11-22(12-8-20)27(15-16-27)25(32)33/h2-14,17-18H,15-16H2,1H3,(H,29,34)(H,32,33)/t18-/m1/s1. The van der Waals surface area contributed by atoms with Gasteiger partial charge in [0, 0.05) is 0 Å². The summed E-state index contributed by atoms with van der Waals surface area (Å²) in [5.74, 6) is -0.374. The Kier molecular flexibility index (Phi) is 5.78. The summed E-state index contributed by atoms with van der Waals surface area (Å²) >= 11 is 0. The molecule has 1 saturated carbocycles. The molecule has 35 heavy (non-hydrogen) atoms.